The van der Waals surface area contributed by atoms with E-state index in [0.717, 1.165) is 22.4 Å². The molecule has 2 heterocycles. The van der Waals surface area contributed by atoms with Gasteiger partial charge in [0.15, 0.2) is 0 Å². The van der Waals surface area contributed by atoms with Gasteiger partial charge in [-0.1, -0.05) is 41.4 Å². The van der Waals surface area contributed by atoms with E-state index in [9.17, 15) is 4.79 Å². The van der Waals surface area contributed by atoms with Gasteiger partial charge in [-0.2, -0.15) is 5.10 Å². The van der Waals surface area contributed by atoms with Crippen molar-refractivity contribution < 1.29 is 4.79 Å². The molecule has 0 saturated carbocycles. The number of rotatable bonds is 7. The number of amides is 1. The largest absolute Gasteiger partial charge is 0.332 e. The summed E-state index contributed by atoms with van der Waals surface area (Å²) in [5, 5.41) is 5.70. The van der Waals surface area contributed by atoms with Gasteiger partial charge in [-0.3, -0.25) is 9.78 Å². The monoisotopic (exact) mass is 442 g/mol. The van der Waals surface area contributed by atoms with Crippen LogP contribution in [0.15, 0.2) is 54.9 Å². The highest BCUT2D eigenvalue weighted by atomic mass is 35.5. The fraction of sp³-hybridized carbons (Fsp3) is 0.261. The summed E-state index contributed by atoms with van der Waals surface area (Å²) in [5.41, 5.74) is 3.53. The molecule has 7 heteroatoms. The van der Waals surface area contributed by atoms with Gasteiger partial charge in [0.2, 0.25) is 5.91 Å². The van der Waals surface area contributed by atoms with Crippen molar-refractivity contribution in [3.63, 3.8) is 0 Å². The molecule has 0 atom stereocenters. The number of hydrogen-bond donors (Lipinski definition) is 0. The Morgan fingerprint density at radius 2 is 1.90 bits per heavy atom. The van der Waals surface area contributed by atoms with E-state index >= 15 is 0 Å². The van der Waals surface area contributed by atoms with E-state index in [1.165, 1.54) is 0 Å². The smallest absolute Gasteiger partial charge is 0.247 e. The van der Waals surface area contributed by atoms with Crippen LogP contribution in [0.3, 0.4) is 0 Å². The summed E-state index contributed by atoms with van der Waals surface area (Å²) in [6.07, 6.45) is 6.79. The topological polar surface area (TPSA) is 51.0 Å². The second-order valence-electron chi connectivity index (χ2n) is 7.33. The lowest BCUT2D eigenvalue weighted by Crippen LogP contribution is -2.35. The lowest BCUT2D eigenvalue weighted by Gasteiger charge is -2.25. The third-order valence-electron chi connectivity index (χ3n) is 4.73. The summed E-state index contributed by atoms with van der Waals surface area (Å²) in [6, 6.07) is 11.4. The van der Waals surface area contributed by atoms with Crippen LogP contribution in [-0.4, -0.2) is 31.6 Å². The molecule has 0 aliphatic heterocycles. The van der Waals surface area contributed by atoms with Crippen LogP contribution in [0.1, 0.15) is 36.2 Å². The number of aryl methyl sites for hydroxylation is 1. The molecule has 0 aliphatic rings. The first-order valence-electron chi connectivity index (χ1n) is 9.70. The zero-order valence-corrected chi connectivity index (χ0v) is 18.7. The van der Waals surface area contributed by atoms with E-state index in [0.29, 0.717) is 23.3 Å². The van der Waals surface area contributed by atoms with Crippen molar-refractivity contribution in [3.8, 4) is 0 Å². The normalized spacial score (nSPS) is 11.4. The lowest BCUT2D eigenvalue weighted by atomic mass is 10.2. The molecule has 3 aromatic rings. The van der Waals surface area contributed by atoms with E-state index in [-0.39, 0.29) is 11.9 Å². The Balaban J connectivity index is 1.76. The Morgan fingerprint density at radius 3 is 2.53 bits per heavy atom. The van der Waals surface area contributed by atoms with Gasteiger partial charge >= 0.3 is 0 Å². The van der Waals surface area contributed by atoms with Crippen molar-refractivity contribution in [2.75, 3.05) is 0 Å². The molecule has 30 heavy (non-hydrogen) atoms. The van der Waals surface area contributed by atoms with Crippen LogP contribution in [0.25, 0.3) is 6.08 Å². The number of pyridine rings is 1. The van der Waals surface area contributed by atoms with Crippen LogP contribution < -0.4 is 0 Å². The van der Waals surface area contributed by atoms with Gasteiger partial charge in [-0.15, -0.1) is 0 Å². The number of carbonyl (C=O) groups is 1. The minimum atomic E-state index is -0.0882. The molecule has 1 amide bonds. The average molecular weight is 443 g/mol. The molecule has 0 aliphatic carbocycles. The quantitative estimate of drug-likeness (QED) is 0.460. The van der Waals surface area contributed by atoms with Gasteiger partial charge in [0.05, 0.1) is 12.2 Å². The molecule has 0 unspecified atom stereocenters. The first kappa shape index (κ1) is 22.1. The second-order valence-corrected chi connectivity index (χ2v) is 8.12. The number of hydrogen-bond acceptors (Lipinski definition) is 3. The number of halogens is 2. The fourth-order valence-corrected chi connectivity index (χ4v) is 3.50. The number of carbonyl (C=O) groups excluding carboxylic acids is 1. The van der Waals surface area contributed by atoms with Crippen LogP contribution in [0.2, 0.25) is 10.2 Å². The van der Waals surface area contributed by atoms with Crippen LogP contribution in [-0.2, 0) is 17.9 Å². The standard InChI is InChI=1S/C23H24Cl2N4O/c1-16(2)28(14-19-5-4-12-26-13-19)22(30)11-10-21-17(3)27-29(23(21)25)15-18-6-8-20(24)9-7-18/h4-13,16H,14-15H2,1-3H3/b11-10+. The summed E-state index contributed by atoms with van der Waals surface area (Å²) in [4.78, 5) is 18.8. The van der Waals surface area contributed by atoms with Crippen LogP contribution >= 0.6 is 23.2 Å². The van der Waals surface area contributed by atoms with Gasteiger partial charge in [0.25, 0.3) is 0 Å². The third-order valence-corrected chi connectivity index (χ3v) is 5.38. The Kier molecular flexibility index (Phi) is 7.29. The van der Waals surface area contributed by atoms with Crippen LogP contribution in [0.4, 0.5) is 0 Å². The fourth-order valence-electron chi connectivity index (χ4n) is 3.08. The number of nitrogens with zero attached hydrogens (tertiary/aromatic N) is 4. The van der Waals surface area contributed by atoms with Crippen molar-refractivity contribution in [2.24, 2.45) is 0 Å². The second kappa shape index (κ2) is 9.92. The maximum Gasteiger partial charge on any atom is 0.247 e. The minimum Gasteiger partial charge on any atom is -0.332 e. The summed E-state index contributed by atoms with van der Waals surface area (Å²) in [5.74, 6) is -0.0882. The van der Waals surface area contributed by atoms with Gasteiger partial charge in [0.1, 0.15) is 5.15 Å². The molecule has 3 rings (SSSR count). The molecule has 0 radical (unpaired) electrons. The molecule has 0 spiro atoms. The maximum atomic E-state index is 12.9. The maximum absolute atomic E-state index is 12.9. The number of benzene rings is 1. The predicted molar refractivity (Wildman–Crippen MR) is 121 cm³/mol. The first-order valence-corrected chi connectivity index (χ1v) is 10.5. The Morgan fingerprint density at radius 1 is 1.17 bits per heavy atom. The van der Waals surface area contributed by atoms with Gasteiger partial charge in [-0.05, 0) is 56.2 Å². The molecule has 2 aromatic heterocycles. The Hall–Kier alpha value is -2.63. The third kappa shape index (κ3) is 5.49. The van der Waals surface area contributed by atoms with Crippen molar-refractivity contribution in [2.45, 2.75) is 39.9 Å². The van der Waals surface area contributed by atoms with E-state index < -0.39 is 0 Å². The molecular weight excluding hydrogens is 419 g/mol. The highest BCUT2D eigenvalue weighted by Crippen LogP contribution is 2.23. The Labute approximate surface area is 186 Å². The summed E-state index contributed by atoms with van der Waals surface area (Å²) in [6.45, 7) is 6.88. The Bertz CT molecular complexity index is 1030. The average Bonchev–Trinajstić information content (AvgIpc) is 2.99. The van der Waals surface area contributed by atoms with E-state index in [1.807, 2.05) is 57.2 Å². The molecule has 0 bridgehead atoms. The first-order chi connectivity index (χ1) is 14.3. The lowest BCUT2D eigenvalue weighted by molar-refractivity contribution is -0.128. The van der Waals surface area contributed by atoms with E-state index in [4.69, 9.17) is 23.2 Å². The molecule has 0 fully saturated rings. The summed E-state index contributed by atoms with van der Waals surface area (Å²) in [7, 11) is 0. The zero-order valence-electron chi connectivity index (χ0n) is 17.2. The molecule has 1 aromatic carbocycles. The predicted octanol–water partition coefficient (Wildman–Crippen LogP) is 5.39. The van der Waals surface area contributed by atoms with E-state index in [2.05, 4.69) is 10.1 Å². The van der Waals surface area contributed by atoms with Crippen LogP contribution in [0, 0.1) is 6.92 Å². The summed E-state index contributed by atoms with van der Waals surface area (Å²) < 4.78 is 1.72. The van der Waals surface area contributed by atoms with Crippen LogP contribution in [0.5, 0.6) is 0 Å². The van der Waals surface area contributed by atoms with Gasteiger partial charge < -0.3 is 4.90 Å². The highest BCUT2D eigenvalue weighted by molar-refractivity contribution is 6.31. The molecule has 5 nitrogen and oxygen atoms in total. The van der Waals surface area contributed by atoms with Gasteiger partial charge in [-0.25, -0.2) is 4.68 Å². The minimum absolute atomic E-state index is 0.0477. The van der Waals surface area contributed by atoms with Gasteiger partial charge in [0, 0.05) is 41.6 Å². The molecule has 0 N–H and O–H groups in total. The number of aromatic nitrogens is 3. The SMILES string of the molecule is Cc1nn(Cc2ccc(Cl)cc2)c(Cl)c1/C=C/C(=O)N(Cc1cccnc1)C(C)C. The van der Waals surface area contributed by atoms with Crippen molar-refractivity contribution in [3.05, 3.63) is 87.4 Å². The molecule has 156 valence electrons. The van der Waals surface area contributed by atoms with E-state index in [1.54, 1.807) is 34.1 Å². The molecular formula is C23H24Cl2N4O. The summed E-state index contributed by atoms with van der Waals surface area (Å²) >= 11 is 12.5. The zero-order chi connectivity index (χ0) is 21.7. The van der Waals surface area contributed by atoms with Crippen molar-refractivity contribution in [1.82, 2.24) is 19.7 Å². The highest BCUT2D eigenvalue weighted by Gasteiger charge is 2.17. The molecule has 0 saturated heterocycles. The van der Waals surface area contributed by atoms with Crippen molar-refractivity contribution in [1.29, 1.82) is 0 Å². The van der Waals surface area contributed by atoms with Crippen molar-refractivity contribution >= 4 is 35.2 Å².